The van der Waals surface area contributed by atoms with Crippen LogP contribution in [-0.2, 0) is 14.4 Å². The standard InChI is InChI=1S/C10H19N3O3/c1-2-8(14)4-3-5-13(6-9(11)15)7-10(12)16/h2-7H2,1H3,(H2,11,15)(H2,12,16). The van der Waals surface area contributed by atoms with Crippen molar-refractivity contribution >= 4 is 17.6 Å². The number of amides is 2. The molecule has 0 unspecified atom stereocenters. The number of primary amides is 2. The fraction of sp³-hybridized carbons (Fsp3) is 0.700. The van der Waals surface area contributed by atoms with Crippen molar-refractivity contribution in [1.82, 2.24) is 4.90 Å². The first-order chi connectivity index (χ1) is 7.45. The molecule has 0 aliphatic carbocycles. The SMILES string of the molecule is CCC(=O)CCCN(CC(N)=O)CC(N)=O. The van der Waals surface area contributed by atoms with Crippen LogP contribution in [0.15, 0.2) is 0 Å². The lowest BCUT2D eigenvalue weighted by Crippen LogP contribution is -2.40. The number of carbonyl (C=O) groups excluding carboxylic acids is 3. The summed E-state index contributed by atoms with van der Waals surface area (Å²) in [5.41, 5.74) is 10.1. The molecule has 16 heavy (non-hydrogen) atoms. The van der Waals surface area contributed by atoms with Crippen molar-refractivity contribution < 1.29 is 14.4 Å². The van der Waals surface area contributed by atoms with E-state index in [1.54, 1.807) is 11.8 Å². The van der Waals surface area contributed by atoms with Gasteiger partial charge in [-0.2, -0.15) is 0 Å². The molecule has 0 spiro atoms. The van der Waals surface area contributed by atoms with Crippen LogP contribution in [0, 0.1) is 0 Å². The first-order valence-electron chi connectivity index (χ1n) is 5.26. The summed E-state index contributed by atoms with van der Waals surface area (Å²) in [5, 5.41) is 0. The quantitative estimate of drug-likeness (QED) is 0.529. The van der Waals surface area contributed by atoms with Crippen LogP contribution in [0.5, 0.6) is 0 Å². The van der Waals surface area contributed by atoms with E-state index in [1.807, 2.05) is 0 Å². The van der Waals surface area contributed by atoms with E-state index in [0.29, 0.717) is 25.8 Å². The number of hydrogen-bond donors (Lipinski definition) is 2. The Morgan fingerprint density at radius 2 is 1.56 bits per heavy atom. The number of Topliss-reactive ketones (excluding diaryl/α,β-unsaturated/α-hetero) is 1. The van der Waals surface area contributed by atoms with E-state index in [0.717, 1.165) is 0 Å². The van der Waals surface area contributed by atoms with Crippen LogP contribution in [0.4, 0.5) is 0 Å². The molecule has 92 valence electrons. The second-order valence-corrected chi connectivity index (χ2v) is 3.64. The van der Waals surface area contributed by atoms with Crippen molar-refractivity contribution in [1.29, 1.82) is 0 Å². The zero-order valence-electron chi connectivity index (χ0n) is 9.57. The Morgan fingerprint density at radius 1 is 1.06 bits per heavy atom. The molecule has 4 N–H and O–H groups in total. The van der Waals surface area contributed by atoms with Crippen molar-refractivity contribution in [3.05, 3.63) is 0 Å². The smallest absolute Gasteiger partial charge is 0.231 e. The third kappa shape index (κ3) is 7.93. The van der Waals surface area contributed by atoms with Crippen molar-refractivity contribution in [2.24, 2.45) is 11.5 Å². The Hall–Kier alpha value is -1.43. The summed E-state index contributed by atoms with van der Waals surface area (Å²) in [7, 11) is 0. The van der Waals surface area contributed by atoms with Gasteiger partial charge in [0.05, 0.1) is 13.1 Å². The molecule has 0 heterocycles. The van der Waals surface area contributed by atoms with Gasteiger partial charge in [0.25, 0.3) is 0 Å². The Labute approximate surface area is 94.9 Å². The normalized spacial score (nSPS) is 10.4. The summed E-state index contributed by atoms with van der Waals surface area (Å²) in [4.78, 5) is 34.0. The van der Waals surface area contributed by atoms with Gasteiger partial charge in [0.15, 0.2) is 0 Å². The molecule has 0 radical (unpaired) electrons. The largest absolute Gasteiger partial charge is 0.369 e. The summed E-state index contributed by atoms with van der Waals surface area (Å²) in [6, 6.07) is 0. The molecule has 0 atom stereocenters. The van der Waals surface area contributed by atoms with Gasteiger partial charge in [0.2, 0.25) is 11.8 Å². The van der Waals surface area contributed by atoms with Crippen molar-refractivity contribution in [2.45, 2.75) is 26.2 Å². The van der Waals surface area contributed by atoms with Crippen LogP contribution in [0.1, 0.15) is 26.2 Å². The van der Waals surface area contributed by atoms with Crippen LogP contribution in [-0.4, -0.2) is 42.1 Å². The molecule has 0 fully saturated rings. The van der Waals surface area contributed by atoms with E-state index < -0.39 is 11.8 Å². The van der Waals surface area contributed by atoms with E-state index in [-0.39, 0.29) is 18.9 Å². The number of rotatable bonds is 9. The number of hydrogen-bond acceptors (Lipinski definition) is 4. The van der Waals surface area contributed by atoms with Gasteiger partial charge in [-0.05, 0) is 13.0 Å². The van der Waals surface area contributed by atoms with E-state index >= 15 is 0 Å². The molecule has 0 saturated carbocycles. The topological polar surface area (TPSA) is 106 Å². The number of carbonyl (C=O) groups is 3. The lowest BCUT2D eigenvalue weighted by atomic mass is 10.2. The van der Waals surface area contributed by atoms with Gasteiger partial charge in [-0.3, -0.25) is 19.3 Å². The van der Waals surface area contributed by atoms with Gasteiger partial charge in [0, 0.05) is 12.8 Å². The van der Waals surface area contributed by atoms with Gasteiger partial charge in [-0.1, -0.05) is 6.92 Å². The van der Waals surface area contributed by atoms with Gasteiger partial charge in [0.1, 0.15) is 5.78 Å². The molecule has 6 nitrogen and oxygen atoms in total. The van der Waals surface area contributed by atoms with Gasteiger partial charge in [-0.25, -0.2) is 0 Å². The highest BCUT2D eigenvalue weighted by Crippen LogP contribution is 1.98. The molecule has 0 aromatic heterocycles. The average Bonchev–Trinajstić information content (AvgIpc) is 2.15. The van der Waals surface area contributed by atoms with Crippen LogP contribution >= 0.6 is 0 Å². The molecule has 0 aliphatic rings. The average molecular weight is 229 g/mol. The molecular weight excluding hydrogens is 210 g/mol. The molecule has 6 heteroatoms. The summed E-state index contributed by atoms with van der Waals surface area (Å²) in [6.45, 7) is 2.25. The predicted molar refractivity (Wildman–Crippen MR) is 59.4 cm³/mol. The maximum atomic E-state index is 11.0. The molecule has 0 bridgehead atoms. The van der Waals surface area contributed by atoms with E-state index in [1.165, 1.54) is 0 Å². The fourth-order valence-electron chi connectivity index (χ4n) is 1.33. The minimum absolute atomic E-state index is 0.0107. The van der Waals surface area contributed by atoms with Gasteiger partial charge < -0.3 is 11.5 Å². The molecule has 0 aromatic rings. The molecule has 0 aliphatic heterocycles. The highest BCUT2D eigenvalue weighted by atomic mass is 16.2. The third-order valence-corrected chi connectivity index (χ3v) is 2.08. The Morgan fingerprint density at radius 3 is 1.94 bits per heavy atom. The molecule has 0 saturated heterocycles. The van der Waals surface area contributed by atoms with E-state index in [2.05, 4.69) is 0 Å². The summed E-state index contributed by atoms with van der Waals surface area (Å²) < 4.78 is 0. The van der Waals surface area contributed by atoms with Crippen molar-refractivity contribution in [3.63, 3.8) is 0 Å². The molecule has 0 rings (SSSR count). The molecular formula is C10H19N3O3. The monoisotopic (exact) mass is 229 g/mol. The minimum Gasteiger partial charge on any atom is -0.369 e. The predicted octanol–water partition coefficient (Wildman–Crippen LogP) is -0.982. The van der Waals surface area contributed by atoms with E-state index in [4.69, 9.17) is 11.5 Å². The number of nitrogens with two attached hydrogens (primary N) is 2. The second kappa shape index (κ2) is 7.81. The molecule has 2 amide bonds. The maximum absolute atomic E-state index is 11.0. The highest BCUT2D eigenvalue weighted by Gasteiger charge is 2.11. The number of nitrogens with zero attached hydrogens (tertiary/aromatic N) is 1. The first kappa shape index (κ1) is 14.6. The summed E-state index contributed by atoms with van der Waals surface area (Å²) >= 11 is 0. The Balaban J connectivity index is 3.96. The summed E-state index contributed by atoms with van der Waals surface area (Å²) in [5.74, 6) is -0.857. The first-order valence-corrected chi connectivity index (χ1v) is 5.26. The van der Waals surface area contributed by atoms with Crippen LogP contribution in [0.3, 0.4) is 0 Å². The highest BCUT2D eigenvalue weighted by molar-refractivity contribution is 5.79. The van der Waals surface area contributed by atoms with Crippen LogP contribution in [0.2, 0.25) is 0 Å². The zero-order chi connectivity index (χ0) is 12.6. The Bertz CT molecular complexity index is 250. The summed E-state index contributed by atoms with van der Waals surface area (Å²) in [6.07, 6.45) is 1.56. The lowest BCUT2D eigenvalue weighted by molar-refractivity contribution is -0.121. The van der Waals surface area contributed by atoms with Gasteiger partial charge in [-0.15, -0.1) is 0 Å². The van der Waals surface area contributed by atoms with Gasteiger partial charge >= 0.3 is 0 Å². The minimum atomic E-state index is -0.511. The lowest BCUT2D eigenvalue weighted by Gasteiger charge is -2.18. The second-order valence-electron chi connectivity index (χ2n) is 3.64. The van der Waals surface area contributed by atoms with Crippen molar-refractivity contribution in [3.8, 4) is 0 Å². The fourth-order valence-corrected chi connectivity index (χ4v) is 1.33. The zero-order valence-corrected chi connectivity index (χ0v) is 9.57. The van der Waals surface area contributed by atoms with Crippen LogP contribution < -0.4 is 11.5 Å². The van der Waals surface area contributed by atoms with E-state index in [9.17, 15) is 14.4 Å². The third-order valence-electron chi connectivity index (χ3n) is 2.08. The number of ketones is 1. The van der Waals surface area contributed by atoms with Crippen molar-refractivity contribution in [2.75, 3.05) is 19.6 Å². The Kier molecular flexibility index (Phi) is 7.11. The maximum Gasteiger partial charge on any atom is 0.231 e. The van der Waals surface area contributed by atoms with Crippen LogP contribution in [0.25, 0.3) is 0 Å². The molecule has 0 aromatic carbocycles.